The highest BCUT2D eigenvalue weighted by molar-refractivity contribution is 7.99. The first kappa shape index (κ1) is 18.8. The molecule has 0 bridgehead atoms. The highest BCUT2D eigenvalue weighted by Gasteiger charge is 2.32. The van der Waals surface area contributed by atoms with Gasteiger partial charge in [-0.2, -0.15) is 5.26 Å². The third kappa shape index (κ3) is 4.30. The number of thioether (sulfide) groups is 1. The molecule has 1 aliphatic rings. The zero-order valence-corrected chi connectivity index (χ0v) is 15.8. The zero-order valence-electron chi connectivity index (χ0n) is 15.0. The van der Waals surface area contributed by atoms with Gasteiger partial charge in [-0.1, -0.05) is 39.0 Å². The topological polar surface area (TPSA) is 63.0 Å². The Hall–Kier alpha value is -1.54. The van der Waals surface area contributed by atoms with Crippen LogP contribution >= 0.6 is 11.8 Å². The van der Waals surface area contributed by atoms with Gasteiger partial charge in [-0.25, -0.2) is 4.98 Å². The van der Waals surface area contributed by atoms with Gasteiger partial charge in [-0.15, -0.1) is 0 Å². The van der Waals surface area contributed by atoms with Gasteiger partial charge < -0.3 is 4.74 Å². The van der Waals surface area contributed by atoms with E-state index in [0.717, 1.165) is 31.4 Å². The molecule has 0 saturated heterocycles. The van der Waals surface area contributed by atoms with Gasteiger partial charge in [0.05, 0.1) is 17.9 Å². The van der Waals surface area contributed by atoms with E-state index in [0.29, 0.717) is 28.5 Å². The molecule has 0 fully saturated rings. The molecule has 1 aromatic heterocycles. The van der Waals surface area contributed by atoms with Crippen LogP contribution in [0.5, 0.6) is 0 Å². The number of nitrogens with zero attached hydrogens (tertiary/aromatic N) is 2. The van der Waals surface area contributed by atoms with Gasteiger partial charge in [0, 0.05) is 5.69 Å². The molecule has 1 aromatic rings. The summed E-state index contributed by atoms with van der Waals surface area (Å²) >= 11 is 1.30. The Morgan fingerprint density at radius 2 is 2.25 bits per heavy atom. The number of carbonyl (C=O) groups excluding carboxylic acids is 1. The number of aryl methyl sites for hydroxylation is 1. The van der Waals surface area contributed by atoms with Crippen LogP contribution in [0.2, 0.25) is 0 Å². The molecule has 5 heteroatoms. The Morgan fingerprint density at radius 3 is 2.88 bits per heavy atom. The fourth-order valence-electron chi connectivity index (χ4n) is 3.12. The van der Waals surface area contributed by atoms with E-state index >= 15 is 0 Å². The molecule has 0 aromatic carbocycles. The summed E-state index contributed by atoms with van der Waals surface area (Å²) in [4.78, 5) is 16.2. The van der Waals surface area contributed by atoms with E-state index in [-0.39, 0.29) is 11.7 Å². The molecule has 24 heavy (non-hydrogen) atoms. The third-order valence-electron chi connectivity index (χ3n) is 5.12. The van der Waals surface area contributed by atoms with Gasteiger partial charge in [-0.3, -0.25) is 4.79 Å². The van der Waals surface area contributed by atoms with Crippen molar-refractivity contribution in [3.8, 4) is 6.07 Å². The number of pyridine rings is 1. The van der Waals surface area contributed by atoms with Gasteiger partial charge in [0.1, 0.15) is 11.1 Å². The highest BCUT2D eigenvalue weighted by Crippen LogP contribution is 2.40. The largest absolute Gasteiger partial charge is 0.465 e. The molecule has 0 saturated carbocycles. The van der Waals surface area contributed by atoms with Crippen LogP contribution in [0.15, 0.2) is 11.1 Å². The molecule has 0 N–H and O–H groups in total. The van der Waals surface area contributed by atoms with Crippen molar-refractivity contribution in [1.82, 2.24) is 4.98 Å². The van der Waals surface area contributed by atoms with Crippen LogP contribution in [0, 0.1) is 22.7 Å². The monoisotopic (exact) mass is 346 g/mol. The van der Waals surface area contributed by atoms with Crippen LogP contribution in [-0.4, -0.2) is 23.3 Å². The van der Waals surface area contributed by atoms with Crippen LogP contribution in [-0.2, 0) is 22.4 Å². The Balaban J connectivity index is 2.19. The van der Waals surface area contributed by atoms with E-state index in [1.807, 2.05) is 6.07 Å². The number of hydrogen-bond acceptors (Lipinski definition) is 5. The quantitative estimate of drug-likeness (QED) is 0.572. The Labute approximate surface area is 149 Å². The summed E-state index contributed by atoms with van der Waals surface area (Å²) in [6.07, 6.45) is 4.22. The second-order valence-corrected chi connectivity index (χ2v) is 7.90. The van der Waals surface area contributed by atoms with E-state index in [2.05, 4.69) is 26.8 Å². The maximum Gasteiger partial charge on any atom is 0.316 e. The van der Waals surface area contributed by atoms with Gasteiger partial charge >= 0.3 is 5.97 Å². The predicted molar refractivity (Wildman–Crippen MR) is 95.9 cm³/mol. The SMILES string of the molecule is CCOC(=O)CSc1nc2c(cc1C#N)CC(C(C)(C)CC)CC2. The smallest absolute Gasteiger partial charge is 0.316 e. The number of rotatable bonds is 6. The van der Waals surface area contributed by atoms with Gasteiger partial charge in [-0.05, 0) is 49.1 Å². The zero-order chi connectivity index (χ0) is 17.7. The van der Waals surface area contributed by atoms with Crippen molar-refractivity contribution < 1.29 is 9.53 Å². The average molecular weight is 346 g/mol. The van der Waals surface area contributed by atoms with Crippen LogP contribution in [0.1, 0.15) is 57.4 Å². The lowest BCUT2D eigenvalue weighted by molar-refractivity contribution is -0.139. The van der Waals surface area contributed by atoms with Gasteiger partial charge in [0.2, 0.25) is 0 Å². The fraction of sp³-hybridized carbons (Fsp3) is 0.632. The molecule has 2 rings (SSSR count). The number of fused-ring (bicyclic) bond motifs is 1. The number of ether oxygens (including phenoxy) is 1. The first-order chi connectivity index (χ1) is 11.4. The van der Waals surface area contributed by atoms with E-state index in [1.165, 1.54) is 17.3 Å². The third-order valence-corrected chi connectivity index (χ3v) is 6.09. The molecular formula is C19H26N2O2S. The molecule has 130 valence electrons. The van der Waals surface area contributed by atoms with Gasteiger partial charge in [0.25, 0.3) is 0 Å². The maximum absolute atomic E-state index is 11.5. The highest BCUT2D eigenvalue weighted by atomic mass is 32.2. The first-order valence-corrected chi connectivity index (χ1v) is 9.61. The van der Waals surface area contributed by atoms with Crippen LogP contribution in [0.4, 0.5) is 0 Å². The van der Waals surface area contributed by atoms with Crippen molar-refractivity contribution >= 4 is 17.7 Å². The van der Waals surface area contributed by atoms with Crippen molar-refractivity contribution in [3.05, 3.63) is 22.9 Å². The first-order valence-electron chi connectivity index (χ1n) is 8.62. The summed E-state index contributed by atoms with van der Waals surface area (Å²) in [5.74, 6) is 0.553. The van der Waals surface area contributed by atoms with Crippen molar-refractivity contribution in [2.24, 2.45) is 11.3 Å². The molecule has 1 aliphatic carbocycles. The number of carbonyl (C=O) groups is 1. The summed E-state index contributed by atoms with van der Waals surface area (Å²) < 4.78 is 4.94. The second kappa shape index (κ2) is 8.02. The van der Waals surface area contributed by atoms with Crippen LogP contribution < -0.4 is 0 Å². The molecule has 1 heterocycles. The summed E-state index contributed by atoms with van der Waals surface area (Å²) in [5.41, 5.74) is 3.16. The molecule has 1 atom stereocenters. The van der Waals surface area contributed by atoms with E-state index < -0.39 is 0 Å². The molecule has 1 unspecified atom stereocenters. The van der Waals surface area contributed by atoms with Crippen molar-refractivity contribution in [2.45, 2.75) is 58.4 Å². The van der Waals surface area contributed by atoms with Crippen LogP contribution in [0.3, 0.4) is 0 Å². The fourth-order valence-corrected chi connectivity index (χ4v) is 3.89. The molecule has 0 aliphatic heterocycles. The normalized spacial score (nSPS) is 17.0. The Bertz CT molecular complexity index is 650. The Kier molecular flexibility index (Phi) is 6.28. The minimum absolute atomic E-state index is 0.194. The number of nitriles is 1. The molecular weight excluding hydrogens is 320 g/mol. The van der Waals surface area contributed by atoms with E-state index in [1.54, 1.807) is 6.92 Å². The molecule has 0 radical (unpaired) electrons. The second-order valence-electron chi connectivity index (χ2n) is 6.93. The van der Waals surface area contributed by atoms with Crippen molar-refractivity contribution in [2.75, 3.05) is 12.4 Å². The summed E-state index contributed by atoms with van der Waals surface area (Å²) in [7, 11) is 0. The Morgan fingerprint density at radius 1 is 1.50 bits per heavy atom. The minimum Gasteiger partial charge on any atom is -0.465 e. The lowest BCUT2D eigenvalue weighted by Crippen LogP contribution is -2.29. The predicted octanol–water partition coefficient (Wildman–Crippen LogP) is 4.15. The molecule has 0 spiro atoms. The van der Waals surface area contributed by atoms with E-state index in [9.17, 15) is 10.1 Å². The summed E-state index contributed by atoms with van der Waals surface area (Å²) in [5, 5.41) is 10.1. The maximum atomic E-state index is 11.5. The van der Waals surface area contributed by atoms with E-state index in [4.69, 9.17) is 9.72 Å². The van der Waals surface area contributed by atoms with Gasteiger partial charge in [0.15, 0.2) is 0 Å². The van der Waals surface area contributed by atoms with Crippen molar-refractivity contribution in [3.63, 3.8) is 0 Å². The lowest BCUT2D eigenvalue weighted by Gasteiger charge is -2.37. The number of esters is 1. The van der Waals surface area contributed by atoms with Crippen molar-refractivity contribution in [1.29, 1.82) is 5.26 Å². The summed E-state index contributed by atoms with van der Waals surface area (Å²) in [6, 6.07) is 4.21. The lowest BCUT2D eigenvalue weighted by atomic mass is 9.69. The summed E-state index contributed by atoms with van der Waals surface area (Å²) in [6.45, 7) is 9.05. The molecule has 0 amide bonds. The van der Waals surface area contributed by atoms with Crippen LogP contribution in [0.25, 0.3) is 0 Å². The minimum atomic E-state index is -0.268. The average Bonchev–Trinajstić information content (AvgIpc) is 2.58. The number of aromatic nitrogens is 1. The molecule has 4 nitrogen and oxygen atoms in total. The number of hydrogen-bond donors (Lipinski definition) is 0. The standard InChI is InChI=1S/C19H26N2O2S/c1-5-19(3,4)15-7-8-16-13(10-15)9-14(11-20)18(21-16)24-12-17(22)23-6-2/h9,15H,5-8,10,12H2,1-4H3.